The maximum atomic E-state index is 2.53. The average molecular weight is 951 g/mol. The van der Waals surface area contributed by atoms with Gasteiger partial charge in [-0.25, -0.2) is 0 Å². The van der Waals surface area contributed by atoms with Crippen molar-refractivity contribution >= 4 is 71.2 Å². The van der Waals surface area contributed by atoms with E-state index in [9.17, 15) is 0 Å². The fourth-order valence-corrected chi connectivity index (χ4v) is 11.6. The molecule has 0 bridgehead atoms. The smallest absolute Gasteiger partial charge is 0.0541 e. The Bertz CT molecular complexity index is 4150. The summed E-state index contributed by atoms with van der Waals surface area (Å²) in [5.41, 5.74) is 19.3. The molecule has 1 heterocycles. The van der Waals surface area contributed by atoms with E-state index >= 15 is 0 Å². The van der Waals surface area contributed by atoms with Crippen LogP contribution >= 0.6 is 0 Å². The quantitative estimate of drug-likeness (QED) is 0.138. The molecule has 1 aromatic heterocycles. The number of hydrogen-bond acceptors (Lipinski definition) is 1. The SMILES string of the molecule is CC(C)(C)c1ccc2c(c1)c1cc(C(C)(C)C)ccc1n2-c1ccc2ccc3c(N(c4ccc(-c5ccccc5-c5ccccc5)cc4)c4ccccc4-c4ccc(-c5ccccc5)cc4)ccc4ccc1c2c43. The van der Waals surface area contributed by atoms with Crippen LogP contribution in [-0.4, -0.2) is 4.57 Å². The van der Waals surface area contributed by atoms with Crippen molar-refractivity contribution in [1.82, 2.24) is 4.57 Å². The van der Waals surface area contributed by atoms with Gasteiger partial charge in [0.05, 0.1) is 28.1 Å². The molecule has 0 saturated carbocycles. The lowest BCUT2D eigenvalue weighted by Gasteiger charge is -2.30. The monoisotopic (exact) mass is 950 g/mol. The molecule has 0 aliphatic heterocycles. The topological polar surface area (TPSA) is 8.17 Å². The zero-order valence-corrected chi connectivity index (χ0v) is 43.0. The lowest BCUT2D eigenvalue weighted by molar-refractivity contribution is 0.590. The molecular formula is C72H58N2. The number of benzene rings is 12. The molecule has 0 amide bonds. The van der Waals surface area contributed by atoms with Gasteiger partial charge in [0.2, 0.25) is 0 Å². The Kier molecular flexibility index (Phi) is 10.7. The van der Waals surface area contributed by atoms with Crippen LogP contribution < -0.4 is 4.90 Å². The lowest BCUT2D eigenvalue weighted by Crippen LogP contribution is -2.12. The maximum Gasteiger partial charge on any atom is 0.0541 e. The summed E-state index contributed by atoms with van der Waals surface area (Å²) in [6.45, 7) is 13.9. The predicted octanol–water partition coefficient (Wildman–Crippen LogP) is 20.4. The van der Waals surface area contributed by atoms with Gasteiger partial charge in [-0.15, -0.1) is 0 Å². The minimum absolute atomic E-state index is 0.0200. The predicted molar refractivity (Wildman–Crippen MR) is 318 cm³/mol. The molecule has 0 unspecified atom stereocenters. The van der Waals surface area contributed by atoms with Crippen LogP contribution in [0.25, 0.3) is 104 Å². The van der Waals surface area contributed by atoms with Crippen LogP contribution in [0.5, 0.6) is 0 Å². The van der Waals surface area contributed by atoms with Crippen LogP contribution in [0, 0.1) is 0 Å². The largest absolute Gasteiger partial charge is 0.309 e. The minimum Gasteiger partial charge on any atom is -0.309 e. The molecule has 2 nitrogen and oxygen atoms in total. The van der Waals surface area contributed by atoms with Gasteiger partial charge in [-0.2, -0.15) is 0 Å². The van der Waals surface area contributed by atoms with E-state index in [1.165, 1.54) is 104 Å². The van der Waals surface area contributed by atoms with Crippen LogP contribution in [0.2, 0.25) is 0 Å². The van der Waals surface area contributed by atoms with Gasteiger partial charge < -0.3 is 9.47 Å². The minimum atomic E-state index is 0.0200. The molecule has 0 N–H and O–H groups in total. The summed E-state index contributed by atoms with van der Waals surface area (Å²) in [6.07, 6.45) is 0. The Labute approximate surface area is 434 Å². The number of fused-ring (bicyclic) bond motifs is 3. The van der Waals surface area contributed by atoms with Crippen LogP contribution in [-0.2, 0) is 10.8 Å². The molecule has 2 heteroatoms. The molecule has 0 spiro atoms. The number of para-hydroxylation sites is 1. The summed E-state index contributed by atoms with van der Waals surface area (Å²) in [6, 6.07) is 90.3. The zero-order valence-electron chi connectivity index (χ0n) is 43.0. The van der Waals surface area contributed by atoms with Gasteiger partial charge in [-0.1, -0.05) is 230 Å². The van der Waals surface area contributed by atoms with Gasteiger partial charge in [0.15, 0.2) is 0 Å². The number of aromatic nitrogens is 1. The lowest BCUT2D eigenvalue weighted by atomic mass is 9.85. The summed E-state index contributed by atoms with van der Waals surface area (Å²) in [4.78, 5) is 2.49. The van der Waals surface area contributed by atoms with E-state index < -0.39 is 0 Å². The van der Waals surface area contributed by atoms with Crippen LogP contribution in [0.15, 0.2) is 243 Å². The molecule has 0 saturated heterocycles. The molecule has 74 heavy (non-hydrogen) atoms. The number of anilines is 3. The number of nitrogens with zero attached hydrogens (tertiary/aromatic N) is 2. The van der Waals surface area contributed by atoms with E-state index in [0.29, 0.717) is 0 Å². The van der Waals surface area contributed by atoms with E-state index in [4.69, 9.17) is 0 Å². The first kappa shape index (κ1) is 45.2. The van der Waals surface area contributed by atoms with Crippen molar-refractivity contribution in [1.29, 1.82) is 0 Å². The third-order valence-corrected chi connectivity index (χ3v) is 15.5. The van der Waals surface area contributed by atoms with Gasteiger partial charge in [-0.05, 0) is 137 Å². The molecule has 13 aromatic rings. The van der Waals surface area contributed by atoms with Crippen molar-refractivity contribution < 1.29 is 0 Å². The third kappa shape index (κ3) is 7.64. The van der Waals surface area contributed by atoms with E-state index in [2.05, 4.69) is 294 Å². The summed E-state index contributed by atoms with van der Waals surface area (Å²) >= 11 is 0. The van der Waals surface area contributed by atoms with Crippen molar-refractivity contribution in [3.05, 3.63) is 254 Å². The van der Waals surface area contributed by atoms with E-state index in [1.54, 1.807) is 0 Å². The van der Waals surface area contributed by atoms with Crippen molar-refractivity contribution in [2.45, 2.75) is 52.4 Å². The normalized spacial score (nSPS) is 12.2. The van der Waals surface area contributed by atoms with Crippen LogP contribution in [0.4, 0.5) is 17.1 Å². The molecule has 356 valence electrons. The Morgan fingerprint density at radius 1 is 0.311 bits per heavy atom. The Morgan fingerprint density at radius 2 is 0.743 bits per heavy atom. The first-order valence-electron chi connectivity index (χ1n) is 26.1. The Hall–Kier alpha value is -8.72. The highest BCUT2D eigenvalue weighted by Gasteiger charge is 2.25. The molecular weight excluding hydrogens is 893 g/mol. The number of rotatable bonds is 8. The highest BCUT2D eigenvalue weighted by Crippen LogP contribution is 2.49. The van der Waals surface area contributed by atoms with Crippen LogP contribution in [0.3, 0.4) is 0 Å². The number of hydrogen-bond donors (Lipinski definition) is 0. The Balaban J connectivity index is 1.02. The molecule has 13 rings (SSSR count). The molecule has 0 radical (unpaired) electrons. The van der Waals surface area contributed by atoms with Crippen LogP contribution in [0.1, 0.15) is 52.7 Å². The second kappa shape index (κ2) is 17.5. The second-order valence-electron chi connectivity index (χ2n) is 22.1. The van der Waals surface area contributed by atoms with Gasteiger partial charge in [-0.3, -0.25) is 0 Å². The molecule has 0 aliphatic rings. The zero-order chi connectivity index (χ0) is 50.3. The highest BCUT2D eigenvalue weighted by molar-refractivity contribution is 6.27. The van der Waals surface area contributed by atoms with Gasteiger partial charge in [0.25, 0.3) is 0 Å². The van der Waals surface area contributed by atoms with Gasteiger partial charge in [0.1, 0.15) is 0 Å². The summed E-state index contributed by atoms with van der Waals surface area (Å²) in [7, 11) is 0. The van der Waals surface area contributed by atoms with Gasteiger partial charge >= 0.3 is 0 Å². The van der Waals surface area contributed by atoms with E-state index in [0.717, 1.165) is 28.2 Å². The van der Waals surface area contributed by atoms with E-state index in [-0.39, 0.29) is 10.8 Å². The molecule has 0 fully saturated rings. The first-order chi connectivity index (χ1) is 36.0. The first-order valence-corrected chi connectivity index (χ1v) is 26.1. The Morgan fingerprint density at radius 3 is 1.34 bits per heavy atom. The van der Waals surface area contributed by atoms with Crippen molar-refractivity contribution in [2.75, 3.05) is 4.90 Å². The summed E-state index contributed by atoms with van der Waals surface area (Å²) in [5, 5.41) is 10.0. The standard InChI is InChI=1S/C72H58N2/c1-71(2,3)54-35-43-67-62(45-54)63-46-55(72(4,5)6)36-44-68(63)74(67)66-42-34-53-31-39-60-65(41-33-52-32-40-61(66)70(53)69(52)60)73(56-37-29-50(30-38-56)58-22-14-13-21-57(58)49-19-11-8-12-20-49)64-24-16-15-23-59(64)51-27-25-48(26-28-51)47-17-9-7-10-18-47/h7-46H,1-6H3. The highest BCUT2D eigenvalue weighted by atomic mass is 15.1. The van der Waals surface area contributed by atoms with Crippen molar-refractivity contribution in [2.24, 2.45) is 0 Å². The maximum absolute atomic E-state index is 2.53. The summed E-state index contributed by atoms with van der Waals surface area (Å²) in [5.74, 6) is 0. The summed E-state index contributed by atoms with van der Waals surface area (Å²) < 4.78 is 2.53. The fourth-order valence-electron chi connectivity index (χ4n) is 11.6. The molecule has 0 atom stereocenters. The van der Waals surface area contributed by atoms with E-state index in [1.807, 2.05) is 0 Å². The second-order valence-corrected chi connectivity index (χ2v) is 22.1. The average Bonchev–Trinajstić information content (AvgIpc) is 3.80. The fraction of sp³-hybridized carbons (Fsp3) is 0.111. The third-order valence-electron chi connectivity index (χ3n) is 15.5. The van der Waals surface area contributed by atoms with Crippen molar-refractivity contribution in [3.8, 4) is 50.2 Å². The van der Waals surface area contributed by atoms with Crippen molar-refractivity contribution in [3.63, 3.8) is 0 Å². The molecule has 0 aliphatic carbocycles. The van der Waals surface area contributed by atoms with Gasteiger partial charge in [0, 0.05) is 32.8 Å². The molecule has 12 aromatic carbocycles.